The van der Waals surface area contributed by atoms with Gasteiger partial charge >= 0.3 is 0 Å². The molecule has 14 heteroatoms. The summed E-state index contributed by atoms with van der Waals surface area (Å²) in [6, 6.07) is -1.34. The van der Waals surface area contributed by atoms with E-state index in [-0.39, 0.29) is 24.2 Å². The quantitative estimate of drug-likeness (QED) is 0.447. The van der Waals surface area contributed by atoms with E-state index in [1.165, 1.54) is 17.2 Å². The Balaban J connectivity index is 1.71. The van der Waals surface area contributed by atoms with Crippen LogP contribution in [0.2, 0.25) is 0 Å². The molecule has 0 N–H and O–H groups in total. The molecule has 0 aromatic rings. The first-order chi connectivity index (χ1) is 16.9. The van der Waals surface area contributed by atoms with Gasteiger partial charge in [-0.05, 0) is 53.4 Å². The number of fused-ring (bicyclic) bond motifs is 3. The minimum atomic E-state index is -3.88. The Bertz CT molecular complexity index is 870. The van der Waals surface area contributed by atoms with Gasteiger partial charge in [0, 0.05) is 24.2 Å². The zero-order chi connectivity index (χ0) is 26.7. The van der Waals surface area contributed by atoms with Crippen molar-refractivity contribution in [2.75, 3.05) is 0 Å². The fraction of sp³-hybridized carbons (Fsp3) is 1.00. The molecule has 0 amide bonds. The number of hydrogen-bond donors (Lipinski definition) is 0. The average molecular weight is 555 g/mol. The van der Waals surface area contributed by atoms with Gasteiger partial charge in [0.15, 0.2) is 24.9 Å². The van der Waals surface area contributed by atoms with Gasteiger partial charge in [-0.15, -0.1) is 0 Å². The molecule has 4 aliphatic heterocycles. The van der Waals surface area contributed by atoms with Gasteiger partial charge in [0.2, 0.25) is 12.6 Å². The second-order valence-electron chi connectivity index (χ2n) is 10.2. The molecule has 12 nitrogen and oxygen atoms in total. The van der Waals surface area contributed by atoms with E-state index in [2.05, 4.69) is 0 Å². The molecule has 0 saturated carbocycles. The van der Waals surface area contributed by atoms with E-state index in [0.29, 0.717) is 25.7 Å². The van der Waals surface area contributed by atoms with Gasteiger partial charge in [0.05, 0.1) is 0 Å². The van der Waals surface area contributed by atoms with Gasteiger partial charge in [-0.2, -0.15) is 34.1 Å². The van der Waals surface area contributed by atoms with Crippen molar-refractivity contribution in [1.29, 1.82) is 0 Å². The van der Waals surface area contributed by atoms with Gasteiger partial charge in [-0.3, -0.25) is 0 Å². The van der Waals surface area contributed by atoms with Crippen molar-refractivity contribution < 1.29 is 35.8 Å². The largest absolute Gasteiger partial charge is 0.324 e. The minimum absolute atomic E-state index is 0.335. The summed E-state index contributed by atoms with van der Waals surface area (Å²) in [4.78, 5) is 0. The molecule has 0 radical (unpaired) electrons. The number of nitrogens with zero attached hydrogens (tertiary/aromatic N) is 4. The monoisotopic (exact) mass is 554 g/mol. The van der Waals surface area contributed by atoms with Crippen LogP contribution >= 0.6 is 0 Å². The maximum absolute atomic E-state index is 13.6. The summed E-state index contributed by atoms with van der Waals surface area (Å²) in [6.45, 7) is 15.0. The highest BCUT2D eigenvalue weighted by Crippen LogP contribution is 2.45. The zero-order valence-electron chi connectivity index (χ0n) is 22.5. The SMILES string of the molecule is CC[C@@H](C)N1[C@@H]2OC3O[C@@H]4[C@H](OC3O[C@@H]2N([C@H](C)CC)S1(=O)=O)N([C@H](C)CC)S(=O)(=O)N4[C@@H](C)CC. The minimum Gasteiger partial charge on any atom is -0.324 e. The Morgan fingerprint density at radius 2 is 0.694 bits per heavy atom. The lowest BCUT2D eigenvalue weighted by molar-refractivity contribution is -0.443. The third kappa shape index (κ3) is 4.25. The van der Waals surface area contributed by atoms with E-state index < -0.39 is 57.9 Å². The molecule has 0 bridgehead atoms. The molecule has 4 rings (SSSR count). The number of ether oxygens (including phenoxy) is 4. The molecule has 36 heavy (non-hydrogen) atoms. The second kappa shape index (κ2) is 10.3. The van der Waals surface area contributed by atoms with Crippen LogP contribution in [-0.4, -0.2) is 95.7 Å². The molecule has 0 aliphatic carbocycles. The first kappa shape index (κ1) is 28.6. The van der Waals surface area contributed by atoms with Crippen molar-refractivity contribution in [2.45, 2.75) is 143 Å². The lowest BCUT2D eigenvalue weighted by Crippen LogP contribution is -2.64. The molecule has 10 atom stereocenters. The van der Waals surface area contributed by atoms with Crippen LogP contribution in [0.3, 0.4) is 0 Å². The normalized spacial score (nSPS) is 40.2. The summed E-state index contributed by atoms with van der Waals surface area (Å²) in [5.74, 6) is 0. The van der Waals surface area contributed by atoms with Crippen molar-refractivity contribution >= 4 is 20.4 Å². The lowest BCUT2D eigenvalue weighted by Gasteiger charge is -2.47. The summed E-state index contributed by atoms with van der Waals surface area (Å²) in [7, 11) is -7.76. The van der Waals surface area contributed by atoms with E-state index in [9.17, 15) is 16.8 Å². The third-order valence-electron chi connectivity index (χ3n) is 7.97. The topological polar surface area (TPSA) is 118 Å². The van der Waals surface area contributed by atoms with E-state index in [4.69, 9.17) is 18.9 Å². The predicted molar refractivity (Wildman–Crippen MR) is 131 cm³/mol. The molecular formula is C22H42N4O8S2. The summed E-state index contributed by atoms with van der Waals surface area (Å²) < 4.78 is 84.9. The van der Waals surface area contributed by atoms with Crippen LogP contribution in [0, 0.1) is 0 Å². The number of rotatable bonds is 8. The van der Waals surface area contributed by atoms with E-state index in [1.807, 2.05) is 55.4 Å². The molecule has 0 aromatic heterocycles. The molecule has 210 valence electrons. The highest BCUT2D eigenvalue weighted by molar-refractivity contribution is 7.87. The van der Waals surface area contributed by atoms with Crippen molar-refractivity contribution in [3.63, 3.8) is 0 Å². The predicted octanol–water partition coefficient (Wildman–Crippen LogP) is 1.96. The molecule has 4 heterocycles. The molecule has 0 aromatic carbocycles. The Kier molecular flexibility index (Phi) is 8.16. The maximum atomic E-state index is 13.6. The van der Waals surface area contributed by atoms with Gasteiger partial charge in [-0.1, -0.05) is 27.7 Å². The Morgan fingerprint density at radius 3 is 0.861 bits per heavy atom. The molecular weight excluding hydrogens is 512 g/mol. The first-order valence-corrected chi connectivity index (χ1v) is 15.9. The van der Waals surface area contributed by atoms with Crippen LogP contribution in [0.4, 0.5) is 0 Å². The molecule has 4 saturated heterocycles. The van der Waals surface area contributed by atoms with Gasteiger partial charge in [-0.25, -0.2) is 0 Å². The average Bonchev–Trinajstić information content (AvgIpc) is 3.20. The highest BCUT2D eigenvalue weighted by Gasteiger charge is 2.65. The van der Waals surface area contributed by atoms with Gasteiger partial charge in [0.1, 0.15) is 0 Å². The summed E-state index contributed by atoms with van der Waals surface area (Å²) >= 11 is 0. The molecule has 2 unspecified atom stereocenters. The van der Waals surface area contributed by atoms with Crippen molar-refractivity contribution in [2.24, 2.45) is 0 Å². The Hall–Kier alpha value is -0.420. The standard InChI is InChI=1S/C22H42N4O8S2/c1-9-13(5)23-17-18(24(14(6)10-2)35(23,27)28)32-22-21(31-17)33-19-20(34-22)26(16(8)12-4)36(29,30)25(19)15(7)11-3/h13-22H,9-12H2,1-8H3/t13-,14-,15-,16+,17+,18-,19+,20-,21?,22?/m1/s1. The Labute approximate surface area is 216 Å². The fourth-order valence-corrected chi connectivity index (χ4v) is 9.77. The van der Waals surface area contributed by atoms with Crippen LogP contribution in [0.1, 0.15) is 81.1 Å². The van der Waals surface area contributed by atoms with Crippen LogP contribution < -0.4 is 0 Å². The van der Waals surface area contributed by atoms with Crippen molar-refractivity contribution in [3.8, 4) is 0 Å². The van der Waals surface area contributed by atoms with Crippen LogP contribution in [0.15, 0.2) is 0 Å². The lowest BCUT2D eigenvalue weighted by atomic mass is 10.2. The maximum Gasteiger partial charge on any atom is 0.287 e. The summed E-state index contributed by atoms with van der Waals surface area (Å²) in [5, 5.41) is 0. The number of hydrogen-bond acceptors (Lipinski definition) is 8. The van der Waals surface area contributed by atoms with Gasteiger partial charge in [0.25, 0.3) is 20.4 Å². The highest BCUT2D eigenvalue weighted by atomic mass is 32.2. The van der Waals surface area contributed by atoms with Crippen LogP contribution in [0.5, 0.6) is 0 Å². The Morgan fingerprint density at radius 1 is 0.500 bits per heavy atom. The third-order valence-corrected chi connectivity index (χ3v) is 12.4. The molecule has 4 fully saturated rings. The zero-order valence-corrected chi connectivity index (χ0v) is 24.1. The van der Waals surface area contributed by atoms with Gasteiger partial charge < -0.3 is 18.9 Å². The van der Waals surface area contributed by atoms with E-state index in [0.717, 1.165) is 0 Å². The smallest absolute Gasteiger partial charge is 0.287 e. The molecule has 4 aliphatic rings. The van der Waals surface area contributed by atoms with Crippen LogP contribution in [-0.2, 0) is 39.4 Å². The van der Waals surface area contributed by atoms with Crippen molar-refractivity contribution in [3.05, 3.63) is 0 Å². The second-order valence-corrected chi connectivity index (χ2v) is 13.7. The van der Waals surface area contributed by atoms with Crippen LogP contribution in [0.25, 0.3) is 0 Å². The van der Waals surface area contributed by atoms with E-state index in [1.54, 1.807) is 0 Å². The fourth-order valence-electron chi connectivity index (χ4n) is 5.26. The summed E-state index contributed by atoms with van der Waals surface area (Å²) in [5.41, 5.74) is 0. The van der Waals surface area contributed by atoms with Crippen molar-refractivity contribution in [1.82, 2.24) is 17.2 Å². The molecule has 0 spiro atoms. The summed E-state index contributed by atoms with van der Waals surface area (Å²) in [6.07, 6.45) is -3.63. The van der Waals surface area contributed by atoms with E-state index >= 15 is 0 Å². The first-order valence-electron chi connectivity index (χ1n) is 13.1.